The molecule has 3 N–H and O–H groups in total. The van der Waals surface area contributed by atoms with Gasteiger partial charge in [-0.15, -0.1) is 0 Å². The van der Waals surface area contributed by atoms with Crippen LogP contribution < -0.4 is 10.6 Å². The van der Waals surface area contributed by atoms with Crippen molar-refractivity contribution in [2.45, 2.75) is 32.2 Å². The molecule has 0 bridgehead atoms. The first-order chi connectivity index (χ1) is 7.77. The number of hydrogen-bond acceptors (Lipinski definition) is 3. The monoisotopic (exact) mass is 222 g/mol. The van der Waals surface area contributed by atoms with E-state index in [0.29, 0.717) is 11.6 Å². The Hall–Kier alpha value is -1.36. The fourth-order valence-corrected chi connectivity index (χ4v) is 2.04. The lowest BCUT2D eigenvalue weighted by Gasteiger charge is -2.10. The first kappa shape index (κ1) is 11.1. The van der Waals surface area contributed by atoms with E-state index >= 15 is 0 Å². The smallest absolute Gasteiger partial charge is 0.254 e. The molecule has 2 heterocycles. The van der Waals surface area contributed by atoms with E-state index in [1.165, 1.54) is 12.8 Å². The van der Waals surface area contributed by atoms with Crippen molar-refractivity contribution in [3.8, 4) is 0 Å². The van der Waals surface area contributed by atoms with E-state index < -0.39 is 0 Å². The molecule has 1 saturated heterocycles. The highest BCUT2D eigenvalue weighted by molar-refractivity contribution is 5.94. The molecule has 1 aliphatic rings. The zero-order chi connectivity index (χ0) is 11.4. The molecule has 0 spiro atoms. The van der Waals surface area contributed by atoms with Gasteiger partial charge in [0.05, 0.1) is 11.8 Å². The zero-order valence-electron chi connectivity index (χ0n) is 9.55. The predicted molar refractivity (Wildman–Crippen MR) is 61.3 cm³/mol. The number of aryl methyl sites for hydroxylation is 1. The minimum absolute atomic E-state index is 0.0377. The number of hydrogen-bond donors (Lipinski definition) is 3. The Morgan fingerprint density at radius 3 is 3.19 bits per heavy atom. The van der Waals surface area contributed by atoms with E-state index in [2.05, 4.69) is 20.8 Å². The number of aromatic amines is 1. The fraction of sp³-hybridized carbons (Fsp3) is 0.636. The summed E-state index contributed by atoms with van der Waals surface area (Å²) in [6, 6.07) is 0.575. The standard InChI is InChI=1S/C11H18N4O/c1-8-10(7-14-15-8)11(16)13-6-4-9-3-2-5-12-9/h7,9,12H,2-6H2,1H3,(H,13,16)(H,14,15). The maximum absolute atomic E-state index is 11.7. The summed E-state index contributed by atoms with van der Waals surface area (Å²) < 4.78 is 0. The lowest BCUT2D eigenvalue weighted by atomic mass is 10.1. The summed E-state index contributed by atoms with van der Waals surface area (Å²) in [5.41, 5.74) is 1.45. The van der Waals surface area contributed by atoms with Crippen LogP contribution in [0.1, 0.15) is 35.3 Å². The number of nitrogens with zero attached hydrogens (tertiary/aromatic N) is 1. The molecule has 16 heavy (non-hydrogen) atoms. The molecule has 0 saturated carbocycles. The van der Waals surface area contributed by atoms with Gasteiger partial charge in [0.15, 0.2) is 0 Å². The topological polar surface area (TPSA) is 69.8 Å². The second-order valence-electron chi connectivity index (χ2n) is 4.25. The van der Waals surface area contributed by atoms with Gasteiger partial charge in [-0.2, -0.15) is 5.10 Å². The van der Waals surface area contributed by atoms with Gasteiger partial charge in [-0.25, -0.2) is 0 Å². The highest BCUT2D eigenvalue weighted by Gasteiger charge is 2.14. The Morgan fingerprint density at radius 1 is 1.69 bits per heavy atom. The molecule has 0 radical (unpaired) electrons. The molecule has 5 nitrogen and oxygen atoms in total. The van der Waals surface area contributed by atoms with Crippen molar-refractivity contribution in [3.63, 3.8) is 0 Å². The largest absolute Gasteiger partial charge is 0.352 e. The summed E-state index contributed by atoms with van der Waals surface area (Å²) >= 11 is 0. The molecule has 1 fully saturated rings. The molecular weight excluding hydrogens is 204 g/mol. The normalized spacial score (nSPS) is 19.9. The molecule has 2 rings (SSSR count). The summed E-state index contributed by atoms with van der Waals surface area (Å²) in [6.45, 7) is 3.68. The minimum Gasteiger partial charge on any atom is -0.352 e. The van der Waals surface area contributed by atoms with Crippen molar-refractivity contribution < 1.29 is 4.79 Å². The summed E-state index contributed by atoms with van der Waals surface area (Å²) in [5.74, 6) is -0.0377. The van der Waals surface area contributed by atoms with E-state index in [1.807, 2.05) is 6.92 Å². The third kappa shape index (κ3) is 2.61. The van der Waals surface area contributed by atoms with Crippen molar-refractivity contribution in [1.82, 2.24) is 20.8 Å². The lowest BCUT2D eigenvalue weighted by molar-refractivity contribution is 0.0952. The van der Waals surface area contributed by atoms with Gasteiger partial charge >= 0.3 is 0 Å². The van der Waals surface area contributed by atoms with Crippen LogP contribution in [0.4, 0.5) is 0 Å². The number of amides is 1. The molecule has 1 aromatic heterocycles. The first-order valence-corrected chi connectivity index (χ1v) is 5.79. The second-order valence-corrected chi connectivity index (χ2v) is 4.25. The van der Waals surface area contributed by atoms with Crippen molar-refractivity contribution in [1.29, 1.82) is 0 Å². The highest BCUT2D eigenvalue weighted by atomic mass is 16.1. The van der Waals surface area contributed by atoms with Crippen LogP contribution in [0.15, 0.2) is 6.20 Å². The van der Waals surface area contributed by atoms with Gasteiger partial charge in [0.25, 0.3) is 5.91 Å². The van der Waals surface area contributed by atoms with Gasteiger partial charge in [0.1, 0.15) is 0 Å². The summed E-state index contributed by atoms with van der Waals surface area (Å²) in [4.78, 5) is 11.7. The Bertz CT molecular complexity index is 355. The lowest BCUT2D eigenvalue weighted by Crippen LogP contribution is -2.30. The van der Waals surface area contributed by atoms with Crippen molar-refractivity contribution in [2.24, 2.45) is 0 Å². The molecule has 0 aromatic carbocycles. The maximum atomic E-state index is 11.7. The van der Waals surface area contributed by atoms with E-state index in [1.54, 1.807) is 6.20 Å². The maximum Gasteiger partial charge on any atom is 0.254 e. The average Bonchev–Trinajstić information content (AvgIpc) is 2.88. The average molecular weight is 222 g/mol. The van der Waals surface area contributed by atoms with Gasteiger partial charge in [0.2, 0.25) is 0 Å². The predicted octanol–water partition coefficient (Wildman–Crippen LogP) is 0.590. The quantitative estimate of drug-likeness (QED) is 0.698. The molecule has 5 heteroatoms. The van der Waals surface area contributed by atoms with Gasteiger partial charge in [-0.05, 0) is 32.7 Å². The molecule has 1 unspecified atom stereocenters. The van der Waals surface area contributed by atoms with E-state index in [4.69, 9.17) is 0 Å². The van der Waals surface area contributed by atoms with Crippen LogP contribution >= 0.6 is 0 Å². The Kier molecular flexibility index (Phi) is 3.56. The van der Waals surface area contributed by atoms with Crippen LogP contribution in [0.3, 0.4) is 0 Å². The number of carbonyl (C=O) groups is 1. The summed E-state index contributed by atoms with van der Waals surface area (Å²) in [7, 11) is 0. The molecule has 1 atom stereocenters. The summed E-state index contributed by atoms with van der Waals surface area (Å²) in [6.07, 6.45) is 5.04. The van der Waals surface area contributed by atoms with Crippen LogP contribution in [-0.2, 0) is 0 Å². The molecular formula is C11H18N4O. The molecule has 0 aliphatic carbocycles. The van der Waals surface area contributed by atoms with Crippen LogP contribution in [0.5, 0.6) is 0 Å². The van der Waals surface area contributed by atoms with E-state index in [-0.39, 0.29) is 5.91 Å². The third-order valence-corrected chi connectivity index (χ3v) is 3.02. The van der Waals surface area contributed by atoms with Crippen LogP contribution in [0.2, 0.25) is 0 Å². The van der Waals surface area contributed by atoms with Crippen LogP contribution in [0.25, 0.3) is 0 Å². The van der Waals surface area contributed by atoms with Crippen molar-refractivity contribution in [3.05, 3.63) is 17.5 Å². The van der Waals surface area contributed by atoms with Crippen LogP contribution in [0, 0.1) is 6.92 Å². The van der Waals surface area contributed by atoms with Crippen molar-refractivity contribution >= 4 is 5.91 Å². The van der Waals surface area contributed by atoms with E-state index in [9.17, 15) is 4.79 Å². The number of carbonyl (C=O) groups excluding carboxylic acids is 1. The van der Waals surface area contributed by atoms with Gasteiger partial charge in [-0.3, -0.25) is 9.89 Å². The third-order valence-electron chi connectivity index (χ3n) is 3.02. The Labute approximate surface area is 95.0 Å². The molecule has 1 amide bonds. The molecule has 88 valence electrons. The number of H-pyrrole nitrogens is 1. The van der Waals surface area contributed by atoms with Crippen molar-refractivity contribution in [2.75, 3.05) is 13.1 Å². The summed E-state index contributed by atoms with van der Waals surface area (Å²) in [5, 5.41) is 12.9. The van der Waals surface area contributed by atoms with Crippen LogP contribution in [-0.4, -0.2) is 35.2 Å². The zero-order valence-corrected chi connectivity index (χ0v) is 9.55. The molecule has 1 aromatic rings. The minimum atomic E-state index is -0.0377. The second kappa shape index (κ2) is 5.12. The van der Waals surface area contributed by atoms with Gasteiger partial charge < -0.3 is 10.6 Å². The highest BCUT2D eigenvalue weighted by Crippen LogP contribution is 2.08. The van der Waals surface area contributed by atoms with Gasteiger partial charge in [0, 0.05) is 18.3 Å². The molecule has 1 aliphatic heterocycles. The number of rotatable bonds is 4. The number of nitrogens with one attached hydrogen (secondary N) is 3. The SMILES string of the molecule is Cc1[nH]ncc1C(=O)NCCC1CCCN1. The first-order valence-electron chi connectivity index (χ1n) is 5.79. The fourth-order valence-electron chi connectivity index (χ4n) is 2.04. The van der Waals surface area contributed by atoms with E-state index in [0.717, 1.165) is 25.2 Å². The Balaban J connectivity index is 1.73. The van der Waals surface area contributed by atoms with Gasteiger partial charge in [-0.1, -0.05) is 0 Å². The Morgan fingerprint density at radius 2 is 2.56 bits per heavy atom. The number of aromatic nitrogens is 2.